The first-order valence-corrected chi connectivity index (χ1v) is 7.44. The molecule has 0 saturated carbocycles. The molecule has 1 aliphatic heterocycles. The SMILES string of the molecule is N#CCC(=O)N1CCC(NC(=O)c2ccc(C(F)(F)F)cc2)CC1. The van der Waals surface area contributed by atoms with Gasteiger partial charge in [-0.2, -0.15) is 18.4 Å². The molecule has 1 N–H and O–H groups in total. The molecule has 2 rings (SSSR count). The highest BCUT2D eigenvalue weighted by molar-refractivity contribution is 5.94. The summed E-state index contributed by atoms with van der Waals surface area (Å²) >= 11 is 0. The fourth-order valence-corrected chi connectivity index (χ4v) is 2.53. The van der Waals surface area contributed by atoms with Crippen LogP contribution in [0.5, 0.6) is 0 Å². The summed E-state index contributed by atoms with van der Waals surface area (Å²) in [7, 11) is 0. The van der Waals surface area contributed by atoms with Crippen molar-refractivity contribution in [2.75, 3.05) is 13.1 Å². The van der Waals surface area contributed by atoms with Crippen LogP contribution in [0.2, 0.25) is 0 Å². The second kappa shape index (κ2) is 7.34. The molecular weight excluding hydrogens is 323 g/mol. The van der Waals surface area contributed by atoms with Crippen molar-refractivity contribution in [3.05, 3.63) is 35.4 Å². The van der Waals surface area contributed by atoms with Crippen molar-refractivity contribution >= 4 is 11.8 Å². The van der Waals surface area contributed by atoms with E-state index in [0.717, 1.165) is 24.3 Å². The summed E-state index contributed by atoms with van der Waals surface area (Å²) < 4.78 is 37.5. The number of piperidine rings is 1. The average molecular weight is 339 g/mol. The van der Waals surface area contributed by atoms with Crippen LogP contribution in [0.3, 0.4) is 0 Å². The van der Waals surface area contributed by atoms with Crippen molar-refractivity contribution < 1.29 is 22.8 Å². The third-order valence-corrected chi connectivity index (χ3v) is 3.89. The second-order valence-electron chi connectivity index (χ2n) is 5.54. The van der Waals surface area contributed by atoms with E-state index in [9.17, 15) is 22.8 Å². The van der Waals surface area contributed by atoms with Crippen LogP contribution in [0.1, 0.15) is 35.2 Å². The third-order valence-electron chi connectivity index (χ3n) is 3.89. The molecule has 2 amide bonds. The molecule has 128 valence electrons. The van der Waals surface area contributed by atoms with Crippen LogP contribution in [0.25, 0.3) is 0 Å². The molecule has 0 aromatic heterocycles. The van der Waals surface area contributed by atoms with E-state index >= 15 is 0 Å². The summed E-state index contributed by atoms with van der Waals surface area (Å²) in [5.74, 6) is -0.671. The van der Waals surface area contributed by atoms with Crippen LogP contribution in [-0.2, 0) is 11.0 Å². The second-order valence-corrected chi connectivity index (χ2v) is 5.54. The van der Waals surface area contributed by atoms with Gasteiger partial charge >= 0.3 is 6.18 Å². The Kier molecular flexibility index (Phi) is 5.44. The monoisotopic (exact) mass is 339 g/mol. The van der Waals surface area contributed by atoms with Gasteiger partial charge in [-0.15, -0.1) is 0 Å². The van der Waals surface area contributed by atoms with Crippen molar-refractivity contribution in [1.82, 2.24) is 10.2 Å². The predicted octanol–water partition coefficient (Wildman–Crippen LogP) is 2.34. The van der Waals surface area contributed by atoms with Crippen LogP contribution < -0.4 is 5.32 Å². The van der Waals surface area contributed by atoms with Gasteiger partial charge < -0.3 is 10.2 Å². The summed E-state index contributed by atoms with van der Waals surface area (Å²) in [4.78, 5) is 25.2. The number of nitrogens with zero attached hydrogens (tertiary/aromatic N) is 2. The van der Waals surface area contributed by atoms with Crippen LogP contribution in [0.4, 0.5) is 13.2 Å². The van der Waals surface area contributed by atoms with Gasteiger partial charge in [-0.1, -0.05) is 0 Å². The van der Waals surface area contributed by atoms with Gasteiger partial charge in [0, 0.05) is 24.7 Å². The third kappa shape index (κ3) is 4.47. The highest BCUT2D eigenvalue weighted by Gasteiger charge is 2.30. The van der Waals surface area contributed by atoms with E-state index in [0.29, 0.717) is 25.9 Å². The Bertz CT molecular complexity index is 642. The number of hydrogen-bond donors (Lipinski definition) is 1. The smallest absolute Gasteiger partial charge is 0.349 e. The Hall–Kier alpha value is -2.56. The zero-order chi connectivity index (χ0) is 17.7. The molecule has 0 radical (unpaired) electrons. The fraction of sp³-hybridized carbons (Fsp3) is 0.438. The highest BCUT2D eigenvalue weighted by atomic mass is 19.4. The van der Waals surface area contributed by atoms with Gasteiger partial charge in [0.2, 0.25) is 5.91 Å². The Morgan fingerprint density at radius 3 is 2.29 bits per heavy atom. The van der Waals surface area contributed by atoms with E-state index in [4.69, 9.17) is 5.26 Å². The van der Waals surface area contributed by atoms with Crippen molar-refractivity contribution in [2.45, 2.75) is 31.5 Å². The summed E-state index contributed by atoms with van der Waals surface area (Å²) in [5, 5.41) is 11.3. The fourth-order valence-electron chi connectivity index (χ4n) is 2.53. The molecule has 0 atom stereocenters. The number of hydrogen-bond acceptors (Lipinski definition) is 3. The predicted molar refractivity (Wildman–Crippen MR) is 78.7 cm³/mol. The zero-order valence-electron chi connectivity index (χ0n) is 12.8. The zero-order valence-corrected chi connectivity index (χ0v) is 12.8. The molecule has 1 heterocycles. The number of nitrogens with one attached hydrogen (secondary N) is 1. The summed E-state index contributed by atoms with van der Waals surface area (Å²) in [6, 6.07) is 5.69. The molecule has 1 saturated heterocycles. The average Bonchev–Trinajstić information content (AvgIpc) is 2.55. The van der Waals surface area contributed by atoms with Crippen molar-refractivity contribution in [2.24, 2.45) is 0 Å². The van der Waals surface area contributed by atoms with E-state index in [1.54, 1.807) is 11.0 Å². The maximum Gasteiger partial charge on any atom is 0.416 e. The first kappa shape index (κ1) is 17.8. The van der Waals surface area contributed by atoms with Gasteiger partial charge in [-0.05, 0) is 37.1 Å². The lowest BCUT2D eigenvalue weighted by atomic mass is 10.0. The highest BCUT2D eigenvalue weighted by Crippen LogP contribution is 2.29. The lowest BCUT2D eigenvalue weighted by Gasteiger charge is -2.32. The van der Waals surface area contributed by atoms with Gasteiger partial charge in [0.05, 0.1) is 11.6 Å². The lowest BCUT2D eigenvalue weighted by Crippen LogP contribution is -2.46. The van der Waals surface area contributed by atoms with E-state index in [1.807, 2.05) is 0 Å². The molecule has 1 fully saturated rings. The molecule has 8 heteroatoms. The molecule has 0 spiro atoms. The molecule has 24 heavy (non-hydrogen) atoms. The van der Waals surface area contributed by atoms with Crippen LogP contribution in [-0.4, -0.2) is 35.8 Å². The molecule has 0 aliphatic carbocycles. The van der Waals surface area contributed by atoms with E-state index in [1.165, 1.54) is 0 Å². The maximum atomic E-state index is 12.5. The number of alkyl halides is 3. The first-order chi connectivity index (χ1) is 11.3. The number of likely N-dealkylation sites (tertiary alicyclic amines) is 1. The molecular formula is C16H16F3N3O2. The van der Waals surface area contributed by atoms with Gasteiger partial charge in [-0.3, -0.25) is 9.59 Å². The van der Waals surface area contributed by atoms with Crippen molar-refractivity contribution in [3.8, 4) is 6.07 Å². The summed E-state index contributed by atoms with van der Waals surface area (Å²) in [5.41, 5.74) is -0.644. The number of amides is 2. The molecule has 0 unspecified atom stereocenters. The Labute approximate surface area is 137 Å². The number of rotatable bonds is 3. The number of carbonyl (C=O) groups is 2. The van der Waals surface area contributed by atoms with Crippen molar-refractivity contribution in [1.29, 1.82) is 5.26 Å². The quantitative estimate of drug-likeness (QED) is 0.919. The molecule has 1 aliphatic rings. The Morgan fingerprint density at radius 1 is 1.21 bits per heavy atom. The first-order valence-electron chi connectivity index (χ1n) is 7.44. The largest absolute Gasteiger partial charge is 0.416 e. The number of nitriles is 1. The van der Waals surface area contributed by atoms with Gasteiger partial charge in [0.1, 0.15) is 6.42 Å². The standard InChI is InChI=1S/C16H16F3N3O2/c17-16(18,19)12-3-1-11(2-4-12)15(24)21-13-6-9-22(10-7-13)14(23)5-8-20/h1-4,13H,5-7,9-10H2,(H,21,24). The molecule has 0 bridgehead atoms. The van der Waals surface area contributed by atoms with Gasteiger partial charge in [-0.25, -0.2) is 0 Å². The molecule has 5 nitrogen and oxygen atoms in total. The van der Waals surface area contributed by atoms with Crippen molar-refractivity contribution in [3.63, 3.8) is 0 Å². The maximum absolute atomic E-state index is 12.5. The minimum atomic E-state index is -4.43. The Balaban J connectivity index is 1.88. The molecule has 1 aromatic carbocycles. The molecule has 1 aromatic rings. The Morgan fingerprint density at radius 2 is 1.79 bits per heavy atom. The van der Waals surface area contributed by atoms with E-state index in [-0.39, 0.29) is 23.9 Å². The summed E-state index contributed by atoms with van der Waals surface area (Å²) in [6.45, 7) is 0.886. The minimum absolute atomic E-state index is 0.147. The number of benzene rings is 1. The van der Waals surface area contributed by atoms with Crippen LogP contribution in [0, 0.1) is 11.3 Å². The van der Waals surface area contributed by atoms with E-state index < -0.39 is 17.6 Å². The normalized spacial score (nSPS) is 15.7. The van der Waals surface area contributed by atoms with Gasteiger partial charge in [0.25, 0.3) is 5.91 Å². The van der Waals surface area contributed by atoms with Crippen LogP contribution >= 0.6 is 0 Å². The van der Waals surface area contributed by atoms with Gasteiger partial charge in [0.15, 0.2) is 0 Å². The number of carbonyl (C=O) groups excluding carboxylic acids is 2. The minimum Gasteiger partial charge on any atom is -0.349 e. The van der Waals surface area contributed by atoms with E-state index in [2.05, 4.69) is 5.32 Å². The summed E-state index contributed by atoms with van der Waals surface area (Å²) in [6.07, 6.45) is -3.51. The number of halogens is 3. The topological polar surface area (TPSA) is 73.2 Å². The van der Waals surface area contributed by atoms with Crippen LogP contribution in [0.15, 0.2) is 24.3 Å². The lowest BCUT2D eigenvalue weighted by molar-refractivity contribution is -0.137.